The summed E-state index contributed by atoms with van der Waals surface area (Å²) in [6.07, 6.45) is 0. The van der Waals surface area contributed by atoms with Crippen molar-refractivity contribution in [3.8, 4) is 78.7 Å². The van der Waals surface area contributed by atoms with E-state index in [0.29, 0.717) is 17.5 Å². The Morgan fingerprint density at radius 3 is 1.36 bits per heavy atom. The van der Waals surface area contributed by atoms with E-state index in [2.05, 4.69) is 200 Å². The quantitative estimate of drug-likeness (QED) is 0.163. The molecule has 0 aliphatic heterocycles. The number of hydrogen-bond acceptors (Lipinski definition) is 4. The minimum atomic E-state index is 0.608. The van der Waals surface area contributed by atoms with Gasteiger partial charge in [-0.25, -0.2) is 15.0 Å². The lowest BCUT2D eigenvalue weighted by molar-refractivity contribution is 0.670. The molecule has 0 aliphatic carbocycles. The minimum absolute atomic E-state index is 0.608. The number of fused-ring (bicyclic) bond motifs is 4. The van der Waals surface area contributed by atoms with Gasteiger partial charge in [0.15, 0.2) is 17.5 Å². The van der Waals surface area contributed by atoms with Crippen LogP contribution in [0.5, 0.6) is 0 Å². The van der Waals surface area contributed by atoms with Gasteiger partial charge in [0, 0.05) is 33.0 Å². The second-order valence-corrected chi connectivity index (χ2v) is 14.8. The lowest BCUT2D eigenvalue weighted by Gasteiger charge is -2.11. The molecule has 0 aliphatic rings. The number of nitrogens with zero attached hydrogens (tertiary/aromatic N) is 3. The zero-order valence-electron chi connectivity index (χ0n) is 32.0. The van der Waals surface area contributed by atoms with Crippen LogP contribution >= 0.6 is 0 Å². The molecule has 0 amide bonds. The highest BCUT2D eigenvalue weighted by Gasteiger charge is 2.17. The predicted octanol–water partition coefficient (Wildman–Crippen LogP) is 14.6. The third kappa shape index (κ3) is 6.43. The van der Waals surface area contributed by atoms with Gasteiger partial charge in [-0.1, -0.05) is 200 Å². The molecule has 2 heterocycles. The highest BCUT2D eigenvalue weighted by Crippen LogP contribution is 2.41. The maximum absolute atomic E-state index is 6.60. The Labute approximate surface area is 341 Å². The van der Waals surface area contributed by atoms with Crippen LogP contribution in [0.1, 0.15) is 0 Å². The van der Waals surface area contributed by atoms with Gasteiger partial charge in [-0.15, -0.1) is 0 Å². The van der Waals surface area contributed by atoms with Crippen molar-refractivity contribution >= 4 is 32.7 Å². The van der Waals surface area contributed by atoms with Gasteiger partial charge in [0.1, 0.15) is 11.2 Å². The number of para-hydroxylation sites is 1. The largest absolute Gasteiger partial charge is 0.455 e. The minimum Gasteiger partial charge on any atom is -0.455 e. The van der Waals surface area contributed by atoms with Crippen molar-refractivity contribution in [3.05, 3.63) is 212 Å². The molecular formula is C55H35N3O. The summed E-state index contributed by atoms with van der Waals surface area (Å²) >= 11 is 0. The van der Waals surface area contributed by atoms with Crippen molar-refractivity contribution in [1.29, 1.82) is 0 Å². The van der Waals surface area contributed by atoms with Crippen molar-refractivity contribution < 1.29 is 4.42 Å². The van der Waals surface area contributed by atoms with Crippen molar-refractivity contribution in [2.75, 3.05) is 0 Å². The molecule has 2 aromatic heterocycles. The summed E-state index contributed by atoms with van der Waals surface area (Å²) in [5.41, 5.74) is 13.5. The van der Waals surface area contributed by atoms with Gasteiger partial charge in [-0.05, 0) is 61.8 Å². The summed E-state index contributed by atoms with van der Waals surface area (Å²) in [7, 11) is 0. The van der Waals surface area contributed by atoms with Gasteiger partial charge >= 0.3 is 0 Å². The van der Waals surface area contributed by atoms with E-state index in [0.717, 1.165) is 72.0 Å². The average Bonchev–Trinajstić information content (AvgIpc) is 3.71. The van der Waals surface area contributed by atoms with E-state index in [1.807, 2.05) is 12.1 Å². The lowest BCUT2D eigenvalue weighted by Crippen LogP contribution is -2.00. The van der Waals surface area contributed by atoms with E-state index in [9.17, 15) is 0 Å². The molecule has 59 heavy (non-hydrogen) atoms. The molecule has 0 N–H and O–H groups in total. The van der Waals surface area contributed by atoms with Crippen LogP contribution in [0, 0.1) is 0 Å². The fourth-order valence-corrected chi connectivity index (χ4v) is 8.12. The van der Waals surface area contributed by atoms with E-state index < -0.39 is 0 Å². The molecule has 0 saturated heterocycles. The maximum atomic E-state index is 6.60. The first-order valence-electron chi connectivity index (χ1n) is 19.8. The monoisotopic (exact) mass is 753 g/mol. The van der Waals surface area contributed by atoms with E-state index in [1.54, 1.807) is 0 Å². The van der Waals surface area contributed by atoms with Crippen LogP contribution in [-0.2, 0) is 0 Å². The normalized spacial score (nSPS) is 11.4. The van der Waals surface area contributed by atoms with Gasteiger partial charge in [0.2, 0.25) is 0 Å². The summed E-state index contributed by atoms with van der Waals surface area (Å²) in [6.45, 7) is 0. The number of hydrogen-bond donors (Lipinski definition) is 0. The molecule has 276 valence electrons. The molecule has 0 unspecified atom stereocenters. The van der Waals surface area contributed by atoms with E-state index in [1.165, 1.54) is 21.9 Å². The summed E-state index contributed by atoms with van der Waals surface area (Å²) in [5, 5.41) is 4.67. The summed E-state index contributed by atoms with van der Waals surface area (Å²) in [6, 6.07) is 74.0. The second-order valence-electron chi connectivity index (χ2n) is 14.8. The Bertz CT molecular complexity index is 3280. The fraction of sp³-hybridized carbons (Fsp3) is 0. The third-order valence-electron chi connectivity index (χ3n) is 11.2. The smallest absolute Gasteiger partial charge is 0.164 e. The third-order valence-corrected chi connectivity index (χ3v) is 11.2. The molecule has 4 nitrogen and oxygen atoms in total. The highest BCUT2D eigenvalue weighted by molar-refractivity contribution is 6.15. The van der Waals surface area contributed by atoms with Crippen molar-refractivity contribution in [1.82, 2.24) is 15.0 Å². The highest BCUT2D eigenvalue weighted by atomic mass is 16.3. The summed E-state index contributed by atoms with van der Waals surface area (Å²) < 4.78 is 6.60. The molecule has 0 saturated carbocycles. The van der Waals surface area contributed by atoms with Gasteiger partial charge in [-0.2, -0.15) is 0 Å². The molecular weight excluding hydrogens is 719 g/mol. The zero-order valence-corrected chi connectivity index (χ0v) is 32.0. The molecule has 11 rings (SSSR count). The molecule has 0 fully saturated rings. The van der Waals surface area contributed by atoms with Crippen LogP contribution < -0.4 is 0 Å². The van der Waals surface area contributed by atoms with Gasteiger partial charge in [0.25, 0.3) is 0 Å². The first-order valence-corrected chi connectivity index (χ1v) is 19.8. The fourth-order valence-electron chi connectivity index (χ4n) is 8.12. The Hall–Kier alpha value is -7.95. The molecule has 9 aromatic carbocycles. The Kier molecular flexibility index (Phi) is 8.45. The van der Waals surface area contributed by atoms with Crippen LogP contribution in [0.25, 0.3) is 111 Å². The number of furan rings is 1. The Morgan fingerprint density at radius 2 is 0.729 bits per heavy atom. The van der Waals surface area contributed by atoms with Crippen molar-refractivity contribution in [2.45, 2.75) is 0 Å². The van der Waals surface area contributed by atoms with Crippen molar-refractivity contribution in [2.24, 2.45) is 0 Å². The average molecular weight is 754 g/mol. The molecule has 0 bridgehead atoms. The first kappa shape index (κ1) is 34.3. The first-order chi connectivity index (χ1) is 29.2. The van der Waals surface area contributed by atoms with E-state index >= 15 is 0 Å². The Balaban J connectivity index is 0.977. The lowest BCUT2D eigenvalue weighted by atomic mass is 9.97. The summed E-state index contributed by atoms with van der Waals surface area (Å²) in [5.74, 6) is 1.85. The maximum Gasteiger partial charge on any atom is 0.164 e. The predicted molar refractivity (Wildman–Crippen MR) is 243 cm³/mol. The van der Waals surface area contributed by atoms with Crippen LogP contribution in [0.3, 0.4) is 0 Å². The standard InChI is InChI=1S/C55H35N3O/c1-3-11-36(12-4-1)38-21-28-42(29-22-38)53-56-54(43-30-23-39(24-31-43)46-34-25-37-13-7-8-16-45(37)35-46)58-55(57-53)44-32-26-41(27-33-44)48-18-9-19-49-51-47(40-14-5-2-6-15-40)17-10-20-50(51)59-52(48)49/h1-35H. The molecule has 11 aromatic rings. The van der Waals surface area contributed by atoms with E-state index in [4.69, 9.17) is 19.4 Å². The van der Waals surface area contributed by atoms with Gasteiger partial charge in [-0.3, -0.25) is 0 Å². The molecule has 4 heteroatoms. The number of benzene rings is 9. The van der Waals surface area contributed by atoms with Crippen LogP contribution in [0.2, 0.25) is 0 Å². The van der Waals surface area contributed by atoms with Gasteiger partial charge < -0.3 is 4.42 Å². The van der Waals surface area contributed by atoms with Crippen molar-refractivity contribution in [3.63, 3.8) is 0 Å². The number of rotatable bonds is 7. The van der Waals surface area contributed by atoms with E-state index in [-0.39, 0.29) is 0 Å². The molecule has 0 radical (unpaired) electrons. The topological polar surface area (TPSA) is 51.8 Å². The SMILES string of the molecule is c1ccc(-c2ccc(-c3nc(-c4ccc(-c5ccc6ccccc6c5)cc4)nc(-c4ccc(-c5cccc6c5oc5cccc(-c7ccccc7)c56)cc4)n3)cc2)cc1. The molecule has 0 spiro atoms. The van der Waals surface area contributed by atoms with Crippen LogP contribution in [-0.4, -0.2) is 15.0 Å². The number of aromatic nitrogens is 3. The Morgan fingerprint density at radius 1 is 0.288 bits per heavy atom. The van der Waals surface area contributed by atoms with Crippen LogP contribution in [0.4, 0.5) is 0 Å². The van der Waals surface area contributed by atoms with Gasteiger partial charge in [0.05, 0.1) is 0 Å². The summed E-state index contributed by atoms with van der Waals surface area (Å²) in [4.78, 5) is 15.2. The zero-order chi connectivity index (χ0) is 39.1. The molecule has 0 atom stereocenters. The second kappa shape index (κ2) is 14.5. The van der Waals surface area contributed by atoms with Crippen LogP contribution in [0.15, 0.2) is 217 Å².